The van der Waals surface area contributed by atoms with Crippen LogP contribution in [0.5, 0.6) is 0 Å². The van der Waals surface area contributed by atoms with Gasteiger partial charge in [0.05, 0.1) is 0 Å². The molecule has 5 nitrogen and oxygen atoms in total. The zero-order valence-corrected chi connectivity index (χ0v) is 12.3. The molecule has 0 atom stereocenters. The van der Waals surface area contributed by atoms with Crippen molar-refractivity contribution in [1.82, 2.24) is 0 Å². The maximum atomic E-state index is 12.0. The lowest BCUT2D eigenvalue weighted by molar-refractivity contribution is -0.0921. The molecule has 4 aliphatic rings. The van der Waals surface area contributed by atoms with Crippen molar-refractivity contribution in [2.75, 3.05) is 14.2 Å². The Morgan fingerprint density at radius 2 is 1.42 bits per heavy atom. The molecule has 0 aliphatic heterocycles. The van der Waals surface area contributed by atoms with E-state index < -0.39 is 13.3 Å². The molecule has 0 amide bonds. The normalized spacial score (nSPS) is 40.4. The average molecular weight is 288 g/mol. The lowest BCUT2D eigenvalue weighted by Gasteiger charge is -2.53. The fraction of sp³-hybridized carbons (Fsp3) is 0.923. The minimum absolute atomic E-state index is 0.0843. The van der Waals surface area contributed by atoms with Gasteiger partial charge in [-0.3, -0.25) is 0 Å². The van der Waals surface area contributed by atoms with E-state index in [1.807, 2.05) is 0 Å². The Kier molecular flexibility index (Phi) is 3.48. The van der Waals surface area contributed by atoms with Crippen LogP contribution < -0.4 is 0 Å². The van der Waals surface area contributed by atoms with Crippen molar-refractivity contribution in [1.29, 1.82) is 0 Å². The van der Waals surface area contributed by atoms with Crippen molar-refractivity contribution in [3.05, 3.63) is 0 Å². The van der Waals surface area contributed by atoms with E-state index >= 15 is 0 Å². The van der Waals surface area contributed by atoms with Crippen LogP contribution in [-0.4, -0.2) is 26.0 Å². The van der Waals surface area contributed by atoms with Crippen molar-refractivity contribution in [3.8, 4) is 0 Å². The predicted molar refractivity (Wildman–Crippen MR) is 68.9 cm³/mol. The Hall–Kier alpha value is -0.380. The monoisotopic (exact) mass is 288 g/mol. The summed E-state index contributed by atoms with van der Waals surface area (Å²) in [6, 6.07) is 0. The van der Waals surface area contributed by atoms with Crippen molar-refractivity contribution < 1.29 is 23.1 Å². The molecule has 4 bridgehead atoms. The van der Waals surface area contributed by atoms with Crippen LogP contribution in [0.3, 0.4) is 0 Å². The molecular weight excluding hydrogens is 267 g/mol. The maximum Gasteiger partial charge on any atom is 0.437 e. The SMILES string of the molecule is COP(=O)(OC)C(=O)OC1C2CC3CC(C2)CC1C3. The van der Waals surface area contributed by atoms with Crippen LogP contribution in [0.2, 0.25) is 0 Å². The summed E-state index contributed by atoms with van der Waals surface area (Å²) in [5, 5.41) is 0. The Bertz CT molecular complexity index is 385. The fourth-order valence-corrected chi connectivity index (χ4v) is 5.17. The van der Waals surface area contributed by atoms with Gasteiger partial charge >= 0.3 is 13.3 Å². The molecule has 4 rings (SSSR count). The summed E-state index contributed by atoms with van der Waals surface area (Å²) in [5.41, 5.74) is -0.824. The van der Waals surface area contributed by atoms with Gasteiger partial charge in [-0.15, -0.1) is 0 Å². The molecule has 4 saturated carbocycles. The van der Waals surface area contributed by atoms with E-state index in [2.05, 4.69) is 0 Å². The maximum absolute atomic E-state index is 12.0. The van der Waals surface area contributed by atoms with Gasteiger partial charge in [-0.05, 0) is 55.8 Å². The second-order valence-corrected chi connectivity index (χ2v) is 8.23. The summed E-state index contributed by atoms with van der Waals surface area (Å²) in [7, 11) is -1.32. The molecule has 0 aromatic rings. The van der Waals surface area contributed by atoms with Gasteiger partial charge in [-0.1, -0.05) is 0 Å². The predicted octanol–water partition coefficient (Wildman–Crippen LogP) is 3.43. The van der Waals surface area contributed by atoms with Gasteiger partial charge in [0.2, 0.25) is 0 Å². The number of hydrogen-bond acceptors (Lipinski definition) is 5. The van der Waals surface area contributed by atoms with Crippen LogP contribution in [-0.2, 0) is 18.3 Å². The largest absolute Gasteiger partial charge is 0.453 e. The van der Waals surface area contributed by atoms with E-state index in [0.29, 0.717) is 11.8 Å². The van der Waals surface area contributed by atoms with Gasteiger partial charge in [0.1, 0.15) is 6.10 Å². The quantitative estimate of drug-likeness (QED) is 0.742. The van der Waals surface area contributed by atoms with Crippen LogP contribution in [0.1, 0.15) is 32.1 Å². The molecule has 108 valence electrons. The summed E-state index contributed by atoms with van der Waals surface area (Å²) in [6.45, 7) is 0. The number of hydrogen-bond donors (Lipinski definition) is 0. The summed E-state index contributed by atoms with van der Waals surface area (Å²) >= 11 is 0. The molecule has 19 heavy (non-hydrogen) atoms. The molecule has 0 unspecified atom stereocenters. The van der Waals surface area contributed by atoms with E-state index in [4.69, 9.17) is 13.8 Å². The van der Waals surface area contributed by atoms with Gasteiger partial charge in [0, 0.05) is 14.2 Å². The molecule has 6 heteroatoms. The highest BCUT2D eigenvalue weighted by Gasteiger charge is 2.51. The molecule has 0 aromatic carbocycles. The topological polar surface area (TPSA) is 61.8 Å². The Balaban J connectivity index is 1.70. The first-order valence-corrected chi connectivity index (χ1v) is 8.52. The third-order valence-corrected chi connectivity index (χ3v) is 6.60. The highest BCUT2D eigenvalue weighted by Crippen LogP contribution is 2.56. The van der Waals surface area contributed by atoms with Crippen molar-refractivity contribution in [2.45, 2.75) is 38.2 Å². The number of ether oxygens (including phenoxy) is 1. The van der Waals surface area contributed by atoms with Crippen molar-refractivity contribution in [2.24, 2.45) is 23.7 Å². The van der Waals surface area contributed by atoms with Gasteiger partial charge in [-0.25, -0.2) is 9.36 Å². The van der Waals surface area contributed by atoms with E-state index in [1.165, 1.54) is 20.6 Å². The molecule has 0 radical (unpaired) electrons. The van der Waals surface area contributed by atoms with Gasteiger partial charge < -0.3 is 13.8 Å². The Morgan fingerprint density at radius 1 is 0.947 bits per heavy atom. The molecule has 4 aliphatic carbocycles. The molecular formula is C13H21O5P. The van der Waals surface area contributed by atoms with Gasteiger partial charge in [-0.2, -0.15) is 0 Å². The first kappa shape index (κ1) is 13.6. The molecule has 0 N–H and O–H groups in total. The summed E-state index contributed by atoms with van der Waals surface area (Å²) in [6.07, 6.45) is 5.86. The fourth-order valence-electron chi connectivity index (χ4n) is 4.47. The lowest BCUT2D eigenvalue weighted by Crippen LogP contribution is -2.49. The molecule has 0 aromatic heterocycles. The highest BCUT2D eigenvalue weighted by atomic mass is 31.2. The van der Waals surface area contributed by atoms with Gasteiger partial charge in [0.25, 0.3) is 0 Å². The molecule has 4 fully saturated rings. The minimum Gasteiger partial charge on any atom is -0.453 e. The zero-order chi connectivity index (χ0) is 13.6. The van der Waals surface area contributed by atoms with Crippen LogP contribution in [0.4, 0.5) is 4.79 Å². The van der Waals surface area contributed by atoms with Crippen LogP contribution in [0, 0.1) is 23.7 Å². The van der Waals surface area contributed by atoms with E-state index in [1.54, 1.807) is 0 Å². The molecule has 0 saturated heterocycles. The average Bonchev–Trinajstić information content (AvgIpc) is 2.40. The van der Waals surface area contributed by atoms with Crippen molar-refractivity contribution >= 4 is 13.3 Å². The van der Waals surface area contributed by atoms with Crippen LogP contribution >= 0.6 is 7.60 Å². The third kappa shape index (κ3) is 2.26. The third-order valence-electron chi connectivity index (χ3n) is 5.08. The second-order valence-electron chi connectivity index (χ2n) is 6.14. The minimum atomic E-state index is -3.74. The van der Waals surface area contributed by atoms with Crippen LogP contribution in [0.25, 0.3) is 0 Å². The summed E-state index contributed by atoms with van der Waals surface area (Å²) in [5.74, 6) is 2.52. The van der Waals surface area contributed by atoms with Gasteiger partial charge in [0.15, 0.2) is 0 Å². The Morgan fingerprint density at radius 3 is 1.84 bits per heavy atom. The first-order chi connectivity index (χ1) is 9.05. The number of carbonyl (C=O) groups excluding carboxylic acids is 1. The van der Waals surface area contributed by atoms with E-state index in [0.717, 1.165) is 37.5 Å². The molecule has 0 heterocycles. The first-order valence-electron chi connectivity index (χ1n) is 6.98. The lowest BCUT2D eigenvalue weighted by atomic mass is 9.55. The van der Waals surface area contributed by atoms with E-state index in [9.17, 15) is 9.36 Å². The Labute approximate surface area is 113 Å². The van der Waals surface area contributed by atoms with Crippen LogP contribution in [0.15, 0.2) is 0 Å². The second kappa shape index (κ2) is 4.87. The smallest absolute Gasteiger partial charge is 0.437 e. The zero-order valence-electron chi connectivity index (χ0n) is 11.4. The molecule has 0 spiro atoms. The van der Waals surface area contributed by atoms with Crippen molar-refractivity contribution in [3.63, 3.8) is 0 Å². The number of rotatable bonds is 4. The standard InChI is InChI=1S/C13H21O5P/c1-16-19(15,17-2)13(14)18-12-10-4-8-3-9(6-10)7-11(12)5-8/h8-12H,3-7H2,1-2H3. The summed E-state index contributed by atoms with van der Waals surface area (Å²) in [4.78, 5) is 12.0. The summed E-state index contributed by atoms with van der Waals surface area (Å²) < 4.78 is 26.9. The highest BCUT2D eigenvalue weighted by molar-refractivity contribution is 7.71. The van der Waals surface area contributed by atoms with E-state index in [-0.39, 0.29) is 6.10 Å². The number of carbonyl (C=O) groups is 1.